The van der Waals surface area contributed by atoms with Crippen molar-refractivity contribution in [2.45, 2.75) is 0 Å². The molecule has 2 aromatic rings. The molecule has 1 aliphatic rings. The number of H-pyrrole nitrogens is 1. The highest BCUT2D eigenvalue weighted by molar-refractivity contribution is 6.26. The monoisotopic (exact) mass is 313 g/mol. The number of aromatic hydroxyl groups is 1. The summed E-state index contributed by atoms with van der Waals surface area (Å²) in [4.78, 5) is 42.3. The molecule has 0 spiro atoms. The summed E-state index contributed by atoms with van der Waals surface area (Å²) in [7, 11) is 1.26. The first-order valence-corrected chi connectivity index (χ1v) is 6.55. The van der Waals surface area contributed by atoms with E-state index in [0.29, 0.717) is 0 Å². The van der Waals surface area contributed by atoms with Crippen molar-refractivity contribution in [3.63, 3.8) is 0 Å². The molecule has 3 N–H and O–H groups in total. The first-order valence-electron chi connectivity index (χ1n) is 6.55. The van der Waals surface area contributed by atoms with Gasteiger partial charge in [0.15, 0.2) is 5.76 Å². The molecule has 0 amide bonds. The van der Waals surface area contributed by atoms with Gasteiger partial charge in [-0.05, 0) is 0 Å². The van der Waals surface area contributed by atoms with Gasteiger partial charge >= 0.3 is 0 Å². The molecule has 0 fully saturated rings. The average Bonchev–Trinajstić information content (AvgIpc) is 2.52. The summed E-state index contributed by atoms with van der Waals surface area (Å²) in [5, 5.41) is 11.9. The van der Waals surface area contributed by atoms with Gasteiger partial charge in [0.2, 0.25) is 23.4 Å². The van der Waals surface area contributed by atoms with Crippen molar-refractivity contribution in [3.05, 3.63) is 63.3 Å². The third kappa shape index (κ3) is 2.46. The van der Waals surface area contributed by atoms with Crippen LogP contribution in [0.4, 0.5) is 5.95 Å². The maximum atomic E-state index is 12.6. The molecule has 0 unspecified atom stereocenters. The van der Waals surface area contributed by atoms with Crippen LogP contribution in [-0.2, 0) is 4.74 Å². The Morgan fingerprint density at radius 2 is 1.78 bits per heavy atom. The fourth-order valence-electron chi connectivity index (χ4n) is 2.28. The molecule has 0 saturated heterocycles. The average molecular weight is 313 g/mol. The van der Waals surface area contributed by atoms with Crippen molar-refractivity contribution in [1.82, 2.24) is 9.97 Å². The molecule has 8 nitrogen and oxygen atoms in total. The van der Waals surface area contributed by atoms with Gasteiger partial charge in [-0.2, -0.15) is 4.98 Å². The fraction of sp³-hybridized carbons (Fsp3) is 0.0667. The lowest BCUT2D eigenvalue weighted by atomic mass is 9.91. The van der Waals surface area contributed by atoms with Crippen LogP contribution in [0.3, 0.4) is 0 Å². The van der Waals surface area contributed by atoms with E-state index in [2.05, 4.69) is 15.3 Å². The summed E-state index contributed by atoms with van der Waals surface area (Å²) in [5.74, 6) is -1.85. The number of methoxy groups -OCH3 is 1. The zero-order chi connectivity index (χ0) is 16.6. The van der Waals surface area contributed by atoms with Gasteiger partial charge in [0.05, 0.1) is 13.2 Å². The number of hydrogen-bond acceptors (Lipinski definition) is 7. The summed E-state index contributed by atoms with van der Waals surface area (Å²) in [6.07, 6.45) is 0. The van der Waals surface area contributed by atoms with Crippen LogP contribution in [-0.4, -0.2) is 33.8 Å². The first kappa shape index (κ1) is 14.5. The molecule has 3 rings (SSSR count). The highest BCUT2D eigenvalue weighted by atomic mass is 16.5. The molecule has 1 aliphatic carbocycles. The predicted octanol–water partition coefficient (Wildman–Crippen LogP) is 0.825. The summed E-state index contributed by atoms with van der Waals surface area (Å²) in [6, 6.07) is 7.19. The van der Waals surface area contributed by atoms with E-state index in [1.54, 1.807) is 12.1 Å². The van der Waals surface area contributed by atoms with Gasteiger partial charge in [0.1, 0.15) is 5.70 Å². The van der Waals surface area contributed by atoms with E-state index in [4.69, 9.17) is 4.74 Å². The largest absolute Gasteiger partial charge is 0.493 e. The summed E-state index contributed by atoms with van der Waals surface area (Å²) in [6.45, 7) is 0. The van der Waals surface area contributed by atoms with Gasteiger partial charge in [-0.1, -0.05) is 24.3 Å². The Bertz CT molecular complexity index is 913. The van der Waals surface area contributed by atoms with Crippen LogP contribution < -0.4 is 10.9 Å². The summed E-state index contributed by atoms with van der Waals surface area (Å²) < 4.78 is 5.04. The molecule has 0 bridgehead atoms. The van der Waals surface area contributed by atoms with E-state index >= 15 is 0 Å². The Labute approximate surface area is 129 Å². The van der Waals surface area contributed by atoms with Crippen molar-refractivity contribution < 1.29 is 19.4 Å². The number of ether oxygens (including phenoxy) is 1. The van der Waals surface area contributed by atoms with Crippen LogP contribution in [0.25, 0.3) is 0 Å². The minimum atomic E-state index is -0.616. The van der Waals surface area contributed by atoms with Crippen molar-refractivity contribution >= 4 is 17.5 Å². The first-order chi connectivity index (χ1) is 11.0. The lowest BCUT2D eigenvalue weighted by Crippen LogP contribution is -2.28. The van der Waals surface area contributed by atoms with Crippen molar-refractivity contribution in [1.29, 1.82) is 0 Å². The second-order valence-electron chi connectivity index (χ2n) is 4.69. The second-order valence-corrected chi connectivity index (χ2v) is 4.69. The topological polar surface area (TPSA) is 121 Å². The van der Waals surface area contributed by atoms with Gasteiger partial charge < -0.3 is 15.2 Å². The summed E-state index contributed by atoms with van der Waals surface area (Å²) >= 11 is 0. The van der Waals surface area contributed by atoms with E-state index in [-0.39, 0.29) is 28.5 Å². The number of ketones is 2. The van der Waals surface area contributed by atoms with Crippen LogP contribution >= 0.6 is 0 Å². The minimum absolute atomic E-state index is 0.162. The van der Waals surface area contributed by atoms with Crippen LogP contribution in [0.2, 0.25) is 0 Å². The number of anilines is 1. The van der Waals surface area contributed by atoms with Crippen molar-refractivity contribution in [2.24, 2.45) is 0 Å². The maximum absolute atomic E-state index is 12.6. The molecule has 0 aliphatic heterocycles. The number of allylic oxidation sites excluding steroid dienone is 2. The molecule has 1 aromatic carbocycles. The second kappa shape index (κ2) is 5.41. The Hall–Kier alpha value is -3.42. The molecule has 0 saturated carbocycles. The van der Waals surface area contributed by atoms with Gasteiger partial charge in [-0.25, -0.2) is 0 Å². The van der Waals surface area contributed by atoms with Crippen LogP contribution in [0.15, 0.2) is 46.6 Å². The van der Waals surface area contributed by atoms with E-state index in [1.165, 1.54) is 19.2 Å². The number of aromatic amines is 1. The molecular weight excluding hydrogens is 302 g/mol. The zero-order valence-corrected chi connectivity index (χ0v) is 11.9. The third-order valence-corrected chi connectivity index (χ3v) is 3.25. The molecule has 116 valence electrons. The number of carbonyl (C=O) groups excluding carboxylic acids is 2. The molecule has 1 aromatic heterocycles. The lowest BCUT2D eigenvalue weighted by Gasteiger charge is -2.20. The molecule has 0 radical (unpaired) electrons. The molecule has 8 heteroatoms. The number of aromatic nitrogens is 2. The number of benzene rings is 1. The Balaban J connectivity index is 2.11. The van der Waals surface area contributed by atoms with Gasteiger partial charge in [-0.3, -0.25) is 19.4 Å². The fourth-order valence-corrected chi connectivity index (χ4v) is 2.28. The van der Waals surface area contributed by atoms with E-state index in [1.807, 2.05) is 0 Å². The number of Topliss-reactive ketones (excluding diaryl/α,β-unsaturated/α-hetero) is 2. The molecule has 1 heterocycles. The number of nitrogens with zero attached hydrogens (tertiary/aromatic N) is 1. The normalized spacial score (nSPS) is 13.8. The molecule has 0 atom stereocenters. The number of fused-ring (bicyclic) bond motifs is 1. The highest BCUT2D eigenvalue weighted by Crippen LogP contribution is 2.27. The van der Waals surface area contributed by atoms with Gasteiger partial charge in [-0.15, -0.1) is 0 Å². The minimum Gasteiger partial charge on any atom is -0.493 e. The van der Waals surface area contributed by atoms with Crippen molar-refractivity contribution in [2.75, 3.05) is 12.4 Å². The highest BCUT2D eigenvalue weighted by Gasteiger charge is 2.33. The Kier molecular flexibility index (Phi) is 3.41. The van der Waals surface area contributed by atoms with Crippen molar-refractivity contribution in [3.8, 4) is 5.88 Å². The Morgan fingerprint density at radius 3 is 2.39 bits per heavy atom. The predicted molar refractivity (Wildman–Crippen MR) is 79.3 cm³/mol. The van der Waals surface area contributed by atoms with Crippen LogP contribution in [0, 0.1) is 0 Å². The number of nitrogens with one attached hydrogen (secondary N) is 2. The molecular formula is C15H11N3O5. The third-order valence-electron chi connectivity index (χ3n) is 3.25. The van der Waals surface area contributed by atoms with E-state index in [0.717, 1.165) is 6.07 Å². The number of rotatable bonds is 3. The zero-order valence-electron chi connectivity index (χ0n) is 11.9. The quantitative estimate of drug-likeness (QED) is 0.767. The molecule has 23 heavy (non-hydrogen) atoms. The van der Waals surface area contributed by atoms with E-state index in [9.17, 15) is 19.5 Å². The number of carbonyl (C=O) groups is 2. The lowest BCUT2D eigenvalue weighted by molar-refractivity contribution is 0.0907. The van der Waals surface area contributed by atoms with Crippen LogP contribution in [0.5, 0.6) is 5.88 Å². The van der Waals surface area contributed by atoms with Crippen LogP contribution in [0.1, 0.15) is 20.7 Å². The van der Waals surface area contributed by atoms with Gasteiger partial charge in [0.25, 0.3) is 5.56 Å². The Morgan fingerprint density at radius 1 is 1.13 bits per heavy atom. The van der Waals surface area contributed by atoms with Gasteiger partial charge in [0, 0.05) is 11.1 Å². The smallest absolute Gasteiger partial charge is 0.256 e. The SMILES string of the molecule is COC1=C(Nc2nc(O)cc(=O)[nH]2)C(=O)c2ccccc2C1=O. The standard InChI is InChI=1S/C15H11N3O5/c1-23-14-11(18-15-16-9(19)6-10(20)17-15)12(21)7-4-2-3-5-8(7)13(14)22/h2-6H,1H3,(H3,16,17,18,19,20). The van der Waals surface area contributed by atoms with E-state index < -0.39 is 23.0 Å². The number of hydrogen-bond donors (Lipinski definition) is 3. The summed E-state index contributed by atoms with van der Waals surface area (Å²) in [5.41, 5.74) is -0.333. The maximum Gasteiger partial charge on any atom is 0.256 e.